The summed E-state index contributed by atoms with van der Waals surface area (Å²) < 4.78 is 13.5. The van der Waals surface area contributed by atoms with Gasteiger partial charge in [-0.05, 0) is 90.1 Å². The first-order chi connectivity index (χ1) is 18.7. The Kier molecular flexibility index (Phi) is 9.01. The molecule has 3 aromatic rings. The number of nitrogens with zero attached hydrogens (tertiary/aromatic N) is 4. The van der Waals surface area contributed by atoms with Crippen LogP contribution in [0.4, 0.5) is 17.2 Å². The molecule has 4 N–H and O–H groups in total. The summed E-state index contributed by atoms with van der Waals surface area (Å²) in [5.41, 5.74) is 9.19. The molecule has 0 saturated heterocycles. The molecule has 9 heteroatoms. The van der Waals surface area contributed by atoms with Crippen LogP contribution in [0.5, 0.6) is 5.75 Å². The number of nitriles is 1. The van der Waals surface area contributed by atoms with Crippen molar-refractivity contribution >= 4 is 22.7 Å². The molecule has 2 aromatic heterocycles. The van der Waals surface area contributed by atoms with E-state index in [-0.39, 0.29) is 12.1 Å². The first-order valence-electron chi connectivity index (χ1n) is 14.0. The van der Waals surface area contributed by atoms with E-state index in [1.54, 1.807) is 15.6 Å². The van der Waals surface area contributed by atoms with Gasteiger partial charge >= 0.3 is 0 Å². The van der Waals surface area contributed by atoms with E-state index in [1.807, 2.05) is 58.0 Å². The zero-order chi connectivity index (χ0) is 28.2. The SMILES string of the molecule is CCCc1c(NC2CCC(N)CC2)c(C#N)c2ccnn2c1N(c1ccc(OCC)cc1)C(O)OC(C)(C)C. The standard InChI is InChI=1S/C30H42N6O3/c1-6-8-24-27(34-21-11-9-20(32)10-12-21)25(19-31)26-17-18-33-36(26)28(24)35(29(37)39-30(3,4)5)22-13-15-23(16-14-22)38-7-2/h13-18,20-21,29,34,37H,6-12,32H2,1-5H3. The molecule has 0 radical (unpaired) electrons. The molecule has 1 atom stereocenters. The zero-order valence-corrected chi connectivity index (χ0v) is 23.8. The van der Waals surface area contributed by atoms with E-state index in [0.29, 0.717) is 35.6 Å². The number of pyridine rings is 1. The highest BCUT2D eigenvalue weighted by atomic mass is 16.6. The molecule has 1 fully saturated rings. The summed E-state index contributed by atoms with van der Waals surface area (Å²) in [5, 5.41) is 30.3. The van der Waals surface area contributed by atoms with Crippen molar-refractivity contribution in [3.05, 3.63) is 47.7 Å². The lowest BCUT2D eigenvalue weighted by Crippen LogP contribution is -2.41. The Balaban J connectivity index is 1.95. The van der Waals surface area contributed by atoms with Crippen LogP contribution in [0.15, 0.2) is 36.5 Å². The van der Waals surface area contributed by atoms with Crippen LogP contribution in [0, 0.1) is 11.3 Å². The van der Waals surface area contributed by atoms with Gasteiger partial charge < -0.3 is 25.6 Å². The van der Waals surface area contributed by atoms with Gasteiger partial charge in [0.15, 0.2) is 0 Å². The zero-order valence-electron chi connectivity index (χ0n) is 23.8. The maximum absolute atomic E-state index is 11.6. The summed E-state index contributed by atoms with van der Waals surface area (Å²) in [6, 6.07) is 12.3. The van der Waals surface area contributed by atoms with Crippen molar-refractivity contribution in [2.45, 2.75) is 97.2 Å². The number of nitrogens with one attached hydrogen (secondary N) is 1. The van der Waals surface area contributed by atoms with E-state index in [0.717, 1.165) is 49.1 Å². The van der Waals surface area contributed by atoms with Crippen LogP contribution in [-0.2, 0) is 11.2 Å². The van der Waals surface area contributed by atoms with Crippen LogP contribution >= 0.6 is 0 Å². The monoisotopic (exact) mass is 534 g/mol. The predicted molar refractivity (Wildman–Crippen MR) is 154 cm³/mol. The van der Waals surface area contributed by atoms with Gasteiger partial charge in [0.25, 0.3) is 0 Å². The molecule has 1 aliphatic rings. The molecule has 4 rings (SSSR count). The Morgan fingerprint density at radius 3 is 2.46 bits per heavy atom. The van der Waals surface area contributed by atoms with E-state index in [2.05, 4.69) is 23.4 Å². The van der Waals surface area contributed by atoms with Crippen molar-refractivity contribution in [2.24, 2.45) is 5.73 Å². The van der Waals surface area contributed by atoms with Gasteiger partial charge in [-0.2, -0.15) is 10.4 Å². The Bertz CT molecular complexity index is 1280. The highest BCUT2D eigenvalue weighted by molar-refractivity contribution is 5.83. The van der Waals surface area contributed by atoms with Crippen molar-refractivity contribution < 1.29 is 14.6 Å². The third-order valence-corrected chi connectivity index (χ3v) is 6.99. The van der Waals surface area contributed by atoms with Crippen LogP contribution in [0.1, 0.15) is 77.8 Å². The molecule has 1 unspecified atom stereocenters. The van der Waals surface area contributed by atoms with Crippen LogP contribution in [0.3, 0.4) is 0 Å². The third kappa shape index (κ3) is 6.47. The highest BCUT2D eigenvalue weighted by Crippen LogP contribution is 2.41. The summed E-state index contributed by atoms with van der Waals surface area (Å²) in [4.78, 5) is 1.76. The summed E-state index contributed by atoms with van der Waals surface area (Å²) in [5.74, 6) is 1.40. The average molecular weight is 535 g/mol. The summed E-state index contributed by atoms with van der Waals surface area (Å²) in [6.45, 7) is 10.3. The Morgan fingerprint density at radius 2 is 1.87 bits per heavy atom. The number of hydrogen-bond donors (Lipinski definition) is 3. The van der Waals surface area contributed by atoms with Gasteiger partial charge in [0, 0.05) is 23.3 Å². The van der Waals surface area contributed by atoms with Gasteiger partial charge in [0.05, 0.1) is 29.6 Å². The van der Waals surface area contributed by atoms with E-state index in [1.165, 1.54) is 0 Å². The molecule has 1 saturated carbocycles. The van der Waals surface area contributed by atoms with E-state index in [9.17, 15) is 10.4 Å². The quantitative estimate of drug-likeness (QED) is 0.293. The molecule has 9 nitrogen and oxygen atoms in total. The lowest BCUT2D eigenvalue weighted by Gasteiger charge is -2.36. The molecule has 0 amide bonds. The number of rotatable bonds is 10. The Labute approximate surface area is 231 Å². The van der Waals surface area contributed by atoms with E-state index >= 15 is 0 Å². The molecule has 0 aliphatic heterocycles. The lowest BCUT2D eigenvalue weighted by molar-refractivity contribution is -0.160. The number of ether oxygens (including phenoxy) is 2. The molecule has 1 aromatic carbocycles. The van der Waals surface area contributed by atoms with Crippen molar-refractivity contribution in [2.75, 3.05) is 16.8 Å². The lowest BCUT2D eigenvalue weighted by atomic mass is 9.91. The minimum atomic E-state index is -1.32. The first kappa shape index (κ1) is 28.7. The van der Waals surface area contributed by atoms with Crippen LogP contribution in [0.25, 0.3) is 5.52 Å². The van der Waals surface area contributed by atoms with Crippen molar-refractivity contribution in [3.63, 3.8) is 0 Å². The largest absolute Gasteiger partial charge is 0.494 e. The smallest absolute Gasteiger partial charge is 0.243 e. The van der Waals surface area contributed by atoms with Gasteiger partial charge in [0.1, 0.15) is 23.2 Å². The maximum atomic E-state index is 11.6. The van der Waals surface area contributed by atoms with E-state index in [4.69, 9.17) is 15.2 Å². The minimum absolute atomic E-state index is 0.209. The number of hydrogen-bond acceptors (Lipinski definition) is 8. The molecular weight excluding hydrogens is 492 g/mol. The summed E-state index contributed by atoms with van der Waals surface area (Å²) >= 11 is 0. The van der Waals surface area contributed by atoms with Gasteiger partial charge in [-0.15, -0.1) is 0 Å². The second-order valence-corrected chi connectivity index (χ2v) is 11.2. The molecular formula is C30H42N6O3. The van der Waals surface area contributed by atoms with Gasteiger partial charge in [0.2, 0.25) is 6.41 Å². The molecule has 39 heavy (non-hydrogen) atoms. The molecule has 0 spiro atoms. The molecule has 1 aliphatic carbocycles. The fourth-order valence-electron chi connectivity index (χ4n) is 5.25. The molecule has 0 bridgehead atoms. The summed E-state index contributed by atoms with van der Waals surface area (Å²) in [6.07, 6.45) is 5.64. The number of anilines is 3. The fraction of sp³-hybridized carbons (Fsp3) is 0.533. The second-order valence-electron chi connectivity index (χ2n) is 11.2. The van der Waals surface area contributed by atoms with Gasteiger partial charge in [-0.3, -0.25) is 4.90 Å². The molecule has 2 heterocycles. The topological polar surface area (TPSA) is 121 Å². The molecule has 210 valence electrons. The minimum Gasteiger partial charge on any atom is -0.494 e. The second kappa shape index (κ2) is 12.2. The van der Waals surface area contributed by atoms with Crippen molar-refractivity contribution in [1.82, 2.24) is 9.61 Å². The number of benzene rings is 1. The summed E-state index contributed by atoms with van der Waals surface area (Å²) in [7, 11) is 0. The average Bonchev–Trinajstić information content (AvgIpc) is 3.37. The first-order valence-corrected chi connectivity index (χ1v) is 14.0. The number of aromatic nitrogens is 2. The van der Waals surface area contributed by atoms with E-state index < -0.39 is 12.0 Å². The van der Waals surface area contributed by atoms with Crippen molar-refractivity contribution in [3.8, 4) is 11.8 Å². The van der Waals surface area contributed by atoms with Crippen LogP contribution in [0.2, 0.25) is 0 Å². The Hall–Kier alpha value is -3.32. The predicted octanol–water partition coefficient (Wildman–Crippen LogP) is 5.47. The van der Waals surface area contributed by atoms with Gasteiger partial charge in [-0.1, -0.05) is 13.3 Å². The number of nitrogens with two attached hydrogens (primary N) is 1. The highest BCUT2D eigenvalue weighted by Gasteiger charge is 2.32. The number of fused-ring (bicyclic) bond motifs is 1. The maximum Gasteiger partial charge on any atom is 0.243 e. The fourth-order valence-corrected chi connectivity index (χ4v) is 5.25. The Morgan fingerprint density at radius 1 is 1.18 bits per heavy atom. The normalized spacial score (nSPS) is 18.5. The number of aliphatic hydroxyl groups is 1. The van der Waals surface area contributed by atoms with Crippen LogP contribution in [-0.4, -0.2) is 45.4 Å². The van der Waals surface area contributed by atoms with Crippen molar-refractivity contribution in [1.29, 1.82) is 5.26 Å². The van der Waals surface area contributed by atoms with Crippen LogP contribution < -0.4 is 20.7 Å². The third-order valence-electron chi connectivity index (χ3n) is 6.99. The van der Waals surface area contributed by atoms with Gasteiger partial charge in [-0.25, -0.2) is 4.52 Å². The number of aliphatic hydroxyl groups excluding tert-OH is 1.